The van der Waals surface area contributed by atoms with Gasteiger partial charge in [-0.25, -0.2) is 0 Å². The second kappa shape index (κ2) is 14.7. The van der Waals surface area contributed by atoms with Crippen LogP contribution in [0.2, 0.25) is 0 Å². The van der Waals surface area contributed by atoms with E-state index in [4.69, 9.17) is 33.2 Å². The van der Waals surface area contributed by atoms with Gasteiger partial charge in [-0.1, -0.05) is 0 Å². The molecule has 4 fully saturated rings. The van der Waals surface area contributed by atoms with Gasteiger partial charge in [-0.2, -0.15) is 0 Å². The number of aliphatic hydroxyl groups is 14. The topological polar surface area (TPSA) is 348 Å². The summed E-state index contributed by atoms with van der Waals surface area (Å²) in [5.41, 5.74) is 0. The highest BCUT2D eigenvalue weighted by atomic mass is 16.8. The van der Waals surface area contributed by atoms with Crippen molar-refractivity contribution in [2.75, 3.05) is 39.6 Å². The molecule has 0 aliphatic carbocycles. The smallest absolute Gasteiger partial charge is 0.224 e. The van der Waals surface area contributed by atoms with Crippen LogP contribution in [-0.4, -0.2) is 221 Å². The van der Waals surface area contributed by atoms with Crippen LogP contribution in [0.15, 0.2) is 0 Å². The van der Waals surface area contributed by atoms with E-state index in [1.807, 2.05) is 0 Å². The Kier molecular flexibility index (Phi) is 12.1. The number of rotatable bonds is 12. The first kappa shape index (κ1) is 37.0. The highest BCUT2D eigenvalue weighted by Crippen LogP contribution is 2.40. The second-order valence-corrected chi connectivity index (χ2v) is 11.3. The van der Waals surface area contributed by atoms with Gasteiger partial charge in [-0.05, 0) is 0 Å². The van der Waals surface area contributed by atoms with Crippen molar-refractivity contribution in [3.05, 3.63) is 0 Å². The van der Waals surface area contributed by atoms with Crippen molar-refractivity contribution in [1.82, 2.24) is 0 Å². The quantitative estimate of drug-likeness (QED) is 0.0919. The molecule has 0 aromatic rings. The Hall–Kier alpha value is -0.840. The average molecular weight is 667 g/mol. The highest BCUT2D eigenvalue weighted by Gasteiger charge is 2.62. The van der Waals surface area contributed by atoms with Crippen LogP contribution in [-0.2, 0) is 33.2 Å². The fourth-order valence-corrected chi connectivity index (χ4v) is 5.52. The Morgan fingerprint density at radius 1 is 0.489 bits per heavy atom. The molecule has 4 rings (SSSR count). The molecule has 0 radical (unpaired) electrons. The molecular formula is C24H42O21. The molecule has 264 valence electrons. The van der Waals surface area contributed by atoms with Crippen molar-refractivity contribution in [2.24, 2.45) is 0 Å². The van der Waals surface area contributed by atoms with Crippen LogP contribution < -0.4 is 0 Å². The molecule has 0 unspecified atom stereocenters. The Balaban J connectivity index is 1.50. The fraction of sp³-hybridized carbons (Fsp3) is 1.00. The summed E-state index contributed by atoms with van der Waals surface area (Å²) in [6.07, 6.45) is -28.3. The average Bonchev–Trinajstić information content (AvgIpc) is 3.43. The predicted molar refractivity (Wildman–Crippen MR) is 134 cm³/mol. The molecule has 0 aromatic carbocycles. The van der Waals surface area contributed by atoms with Crippen molar-refractivity contribution < 1.29 is 105 Å². The first-order chi connectivity index (χ1) is 21.2. The lowest BCUT2D eigenvalue weighted by Crippen LogP contribution is -2.63. The molecule has 18 atom stereocenters. The zero-order valence-electron chi connectivity index (χ0n) is 23.6. The zero-order chi connectivity index (χ0) is 33.4. The molecule has 0 bridgehead atoms. The van der Waals surface area contributed by atoms with Gasteiger partial charge in [0.05, 0.1) is 26.4 Å². The maximum Gasteiger partial charge on any atom is 0.224 e. The van der Waals surface area contributed by atoms with Crippen molar-refractivity contribution in [3.8, 4) is 0 Å². The third kappa shape index (κ3) is 6.87. The summed E-state index contributed by atoms with van der Waals surface area (Å²) in [7, 11) is 0. The van der Waals surface area contributed by atoms with Crippen LogP contribution in [0.25, 0.3) is 0 Å². The van der Waals surface area contributed by atoms with Crippen LogP contribution >= 0.6 is 0 Å². The van der Waals surface area contributed by atoms with Crippen LogP contribution in [0, 0.1) is 0 Å². The first-order valence-electron chi connectivity index (χ1n) is 14.0. The molecular weight excluding hydrogens is 624 g/mol. The van der Waals surface area contributed by atoms with Crippen molar-refractivity contribution in [3.63, 3.8) is 0 Å². The number of hydrogen-bond acceptors (Lipinski definition) is 21. The molecule has 0 amide bonds. The summed E-state index contributed by atoms with van der Waals surface area (Å²) < 4.78 is 38.1. The van der Waals surface area contributed by atoms with E-state index in [9.17, 15) is 71.5 Å². The van der Waals surface area contributed by atoms with E-state index >= 15 is 0 Å². The van der Waals surface area contributed by atoms with Crippen LogP contribution in [0.4, 0.5) is 0 Å². The largest absolute Gasteiger partial charge is 0.394 e. The van der Waals surface area contributed by atoms with Crippen molar-refractivity contribution in [2.45, 2.75) is 110 Å². The zero-order valence-corrected chi connectivity index (χ0v) is 23.6. The molecule has 0 spiro atoms. The van der Waals surface area contributed by atoms with Crippen LogP contribution in [0.3, 0.4) is 0 Å². The molecule has 21 heteroatoms. The summed E-state index contributed by atoms with van der Waals surface area (Å²) in [6.45, 7) is -5.44. The standard InChI is InChI=1S/C24H42O21/c25-1-7-11(29)15(33)17(35)21(41-7)39-4-10-14(32)19(37)23(5-28,44-10)40-6-24(20(38)13(31)9(3-27)43-24)45-22-18(36)16(34)12(30)8(2-26)42-22/h7-22,25-38H,1-6H2/t7-,8-,9-,10-,11-,12-,13-,14-,15+,16+,17-,18-,19+,20+,21+,22-,23-,24+/m1/s1. The molecule has 4 aliphatic rings. The van der Waals surface area contributed by atoms with E-state index in [1.165, 1.54) is 0 Å². The maximum atomic E-state index is 10.9. The summed E-state index contributed by atoms with van der Waals surface area (Å²) in [6, 6.07) is 0. The van der Waals surface area contributed by atoms with Crippen LogP contribution in [0.5, 0.6) is 0 Å². The minimum Gasteiger partial charge on any atom is -0.394 e. The summed E-state index contributed by atoms with van der Waals surface area (Å²) in [5, 5.41) is 142. The predicted octanol–water partition coefficient (Wildman–Crippen LogP) is -9.75. The van der Waals surface area contributed by atoms with E-state index in [1.54, 1.807) is 0 Å². The third-order valence-corrected chi connectivity index (χ3v) is 8.37. The maximum absolute atomic E-state index is 10.9. The number of ether oxygens (including phenoxy) is 7. The summed E-state index contributed by atoms with van der Waals surface area (Å²) in [5.74, 6) is -5.14. The van der Waals surface area contributed by atoms with Gasteiger partial charge in [0, 0.05) is 0 Å². The van der Waals surface area contributed by atoms with Gasteiger partial charge in [0.15, 0.2) is 12.6 Å². The van der Waals surface area contributed by atoms with Gasteiger partial charge in [-0.15, -0.1) is 0 Å². The molecule has 4 saturated heterocycles. The molecule has 4 aliphatic heterocycles. The lowest BCUT2D eigenvalue weighted by Gasteiger charge is -2.44. The van der Waals surface area contributed by atoms with E-state index in [2.05, 4.69) is 0 Å². The van der Waals surface area contributed by atoms with Gasteiger partial charge in [0.2, 0.25) is 11.6 Å². The summed E-state index contributed by atoms with van der Waals surface area (Å²) in [4.78, 5) is 0. The van der Waals surface area contributed by atoms with Gasteiger partial charge < -0.3 is 105 Å². The molecule has 14 N–H and O–H groups in total. The van der Waals surface area contributed by atoms with Gasteiger partial charge in [0.1, 0.15) is 98.7 Å². The fourth-order valence-electron chi connectivity index (χ4n) is 5.52. The highest BCUT2D eigenvalue weighted by molar-refractivity contribution is 5.02. The van der Waals surface area contributed by atoms with E-state index in [0.717, 1.165) is 0 Å². The Labute approximate surface area is 254 Å². The van der Waals surface area contributed by atoms with Gasteiger partial charge >= 0.3 is 0 Å². The summed E-state index contributed by atoms with van der Waals surface area (Å²) >= 11 is 0. The Morgan fingerprint density at radius 2 is 0.956 bits per heavy atom. The van der Waals surface area contributed by atoms with E-state index in [-0.39, 0.29) is 0 Å². The molecule has 4 heterocycles. The second-order valence-electron chi connectivity index (χ2n) is 11.3. The Bertz CT molecular complexity index is 945. The van der Waals surface area contributed by atoms with Crippen molar-refractivity contribution >= 4 is 0 Å². The van der Waals surface area contributed by atoms with E-state index < -0.39 is 149 Å². The first-order valence-corrected chi connectivity index (χ1v) is 14.0. The SMILES string of the molecule is OC[C@H]1O[C@@](CO[C@]2(CO)O[C@H](CO[C@H]3O[C@H](CO)[C@@H](O)[C@H](O)[C@H]3O)[C@@H](O)[C@@H]2O)(O[C@H]2O[C@H](CO)[C@@H](O)[C@H](O)[C@H]2O)[C@@H](O)[C@@H]1O. The lowest BCUT2D eigenvalue weighted by molar-refractivity contribution is -0.400. The molecule has 0 aromatic heterocycles. The number of aliphatic hydroxyl groups excluding tert-OH is 14. The molecule has 21 nitrogen and oxygen atoms in total. The minimum absolute atomic E-state index is 0.692. The van der Waals surface area contributed by atoms with E-state index in [0.29, 0.717) is 0 Å². The van der Waals surface area contributed by atoms with Crippen molar-refractivity contribution in [1.29, 1.82) is 0 Å². The van der Waals surface area contributed by atoms with Crippen LogP contribution in [0.1, 0.15) is 0 Å². The monoisotopic (exact) mass is 666 g/mol. The van der Waals surface area contributed by atoms with Gasteiger partial charge in [-0.3, -0.25) is 0 Å². The van der Waals surface area contributed by atoms with Gasteiger partial charge in [0.25, 0.3) is 0 Å². The lowest BCUT2D eigenvalue weighted by atomic mass is 9.99. The normalized spacial score (nSPS) is 52.4. The molecule has 0 saturated carbocycles. The molecule has 45 heavy (non-hydrogen) atoms. The minimum atomic E-state index is -2.61. The number of hydrogen-bond donors (Lipinski definition) is 14. The Morgan fingerprint density at radius 3 is 1.47 bits per heavy atom. The third-order valence-electron chi connectivity index (χ3n) is 8.37.